The van der Waals surface area contributed by atoms with E-state index >= 15 is 0 Å². The maximum atomic E-state index is 12.9. The van der Waals surface area contributed by atoms with E-state index in [0.29, 0.717) is 24.4 Å². The van der Waals surface area contributed by atoms with E-state index in [2.05, 4.69) is 15.2 Å². The summed E-state index contributed by atoms with van der Waals surface area (Å²) >= 11 is 0. The molecule has 2 aliphatic heterocycles. The van der Waals surface area contributed by atoms with Crippen LogP contribution in [-0.4, -0.2) is 60.0 Å². The number of nitrogens with one attached hydrogen (secondary N) is 1. The molecule has 7 heteroatoms. The highest BCUT2D eigenvalue weighted by Crippen LogP contribution is 2.28. The van der Waals surface area contributed by atoms with Crippen molar-refractivity contribution in [3.8, 4) is 0 Å². The smallest absolute Gasteiger partial charge is 0.286 e. The molecule has 1 saturated carbocycles. The number of benzene rings is 1. The Hall–Kier alpha value is -3.35. The number of carbonyl (C=O) groups excluding carboxylic acids is 2. The summed E-state index contributed by atoms with van der Waals surface area (Å²) in [6.07, 6.45) is 7.85. The second-order valence-corrected chi connectivity index (χ2v) is 8.62. The molecule has 7 nitrogen and oxygen atoms in total. The van der Waals surface area contributed by atoms with E-state index in [4.69, 9.17) is 4.74 Å². The molecule has 0 radical (unpaired) electrons. The van der Waals surface area contributed by atoms with Gasteiger partial charge in [0.2, 0.25) is 0 Å². The van der Waals surface area contributed by atoms with E-state index in [0.717, 1.165) is 50.2 Å². The second-order valence-electron chi connectivity index (χ2n) is 8.62. The molecule has 1 N–H and O–H groups in total. The summed E-state index contributed by atoms with van der Waals surface area (Å²) in [6.45, 7) is 2.86. The van der Waals surface area contributed by atoms with Crippen molar-refractivity contribution in [2.75, 3.05) is 31.1 Å². The van der Waals surface area contributed by atoms with Crippen LogP contribution < -0.4 is 10.2 Å². The first-order valence-electron chi connectivity index (χ1n) is 11.4. The number of pyridine rings is 1. The van der Waals surface area contributed by atoms with E-state index in [9.17, 15) is 9.59 Å². The fraction of sp³-hybridized carbons (Fsp3) is 0.400. The molecular formula is C25H28N4O3. The van der Waals surface area contributed by atoms with Gasteiger partial charge in [0.15, 0.2) is 5.76 Å². The number of rotatable bonds is 3. The first-order valence-corrected chi connectivity index (χ1v) is 11.4. The van der Waals surface area contributed by atoms with Crippen LogP contribution in [0.15, 0.2) is 54.4 Å². The lowest BCUT2D eigenvalue weighted by Crippen LogP contribution is -2.51. The standard InChI is InChI=1S/C25H28N4O3/c30-24-22(32-21-6-2-1-5-20(21)27-24)17-18-8-10-19(11-9-18)25(31)29-15-13-28(14-16-29)23-7-3-4-12-26-23/h3-4,7-12,17,20-21H,1-2,5-6,13-16H2,(H,27,30)/b22-17-. The molecule has 3 heterocycles. The molecule has 1 aromatic heterocycles. The number of piperazine rings is 1. The van der Waals surface area contributed by atoms with Crippen molar-refractivity contribution >= 4 is 23.7 Å². The second kappa shape index (κ2) is 9.02. The number of hydrogen-bond donors (Lipinski definition) is 1. The summed E-state index contributed by atoms with van der Waals surface area (Å²) in [5, 5.41) is 3.08. The number of ether oxygens (including phenoxy) is 1. The molecule has 32 heavy (non-hydrogen) atoms. The summed E-state index contributed by atoms with van der Waals surface area (Å²) in [7, 11) is 0. The van der Waals surface area contributed by atoms with E-state index < -0.39 is 0 Å². The van der Waals surface area contributed by atoms with Gasteiger partial charge in [0.1, 0.15) is 11.9 Å². The lowest BCUT2D eigenvalue weighted by molar-refractivity contribution is -0.129. The number of amides is 2. The molecule has 0 bridgehead atoms. The van der Waals surface area contributed by atoms with Crippen molar-refractivity contribution in [2.24, 2.45) is 0 Å². The molecule has 2 atom stereocenters. The molecule has 5 rings (SSSR count). The maximum absolute atomic E-state index is 12.9. The molecule has 2 saturated heterocycles. The first kappa shape index (κ1) is 20.5. The molecule has 2 unspecified atom stereocenters. The Bertz CT molecular complexity index is 998. The number of hydrogen-bond acceptors (Lipinski definition) is 5. The van der Waals surface area contributed by atoms with Crippen LogP contribution in [0.5, 0.6) is 0 Å². The Labute approximate surface area is 188 Å². The topological polar surface area (TPSA) is 74.8 Å². The van der Waals surface area contributed by atoms with Crippen LogP contribution in [-0.2, 0) is 9.53 Å². The number of fused-ring (bicyclic) bond motifs is 1. The zero-order valence-corrected chi connectivity index (χ0v) is 18.1. The number of carbonyl (C=O) groups is 2. The molecule has 3 fully saturated rings. The molecule has 3 aliphatic rings. The van der Waals surface area contributed by atoms with Gasteiger partial charge in [0.05, 0.1) is 6.04 Å². The number of morpholine rings is 1. The Morgan fingerprint density at radius 1 is 1.03 bits per heavy atom. The highest BCUT2D eigenvalue weighted by Gasteiger charge is 2.35. The Morgan fingerprint density at radius 3 is 2.56 bits per heavy atom. The third kappa shape index (κ3) is 4.33. The van der Waals surface area contributed by atoms with Crippen molar-refractivity contribution < 1.29 is 14.3 Å². The van der Waals surface area contributed by atoms with Gasteiger partial charge >= 0.3 is 0 Å². The van der Waals surface area contributed by atoms with Gasteiger partial charge in [-0.1, -0.05) is 24.6 Å². The minimum absolute atomic E-state index is 0.0292. The van der Waals surface area contributed by atoms with Gasteiger partial charge in [-0.3, -0.25) is 9.59 Å². The largest absolute Gasteiger partial charge is 0.483 e. The number of aromatic nitrogens is 1. The Morgan fingerprint density at radius 2 is 1.81 bits per heavy atom. The van der Waals surface area contributed by atoms with Crippen LogP contribution in [0.4, 0.5) is 5.82 Å². The Kier molecular flexibility index (Phi) is 5.79. The van der Waals surface area contributed by atoms with Gasteiger partial charge in [-0.25, -0.2) is 4.98 Å². The van der Waals surface area contributed by atoms with Crippen LogP contribution in [0.3, 0.4) is 0 Å². The summed E-state index contributed by atoms with van der Waals surface area (Å²) in [5.41, 5.74) is 1.50. The van der Waals surface area contributed by atoms with Gasteiger partial charge in [-0.2, -0.15) is 0 Å². The fourth-order valence-corrected chi connectivity index (χ4v) is 4.69. The maximum Gasteiger partial charge on any atom is 0.286 e. The third-order valence-corrected chi connectivity index (χ3v) is 6.52. The summed E-state index contributed by atoms with van der Waals surface area (Å²) < 4.78 is 5.99. The highest BCUT2D eigenvalue weighted by atomic mass is 16.5. The van der Waals surface area contributed by atoms with Crippen LogP contribution in [0, 0.1) is 0 Å². The van der Waals surface area contributed by atoms with E-state index in [1.165, 1.54) is 0 Å². The van der Waals surface area contributed by atoms with E-state index in [1.807, 2.05) is 47.4 Å². The highest BCUT2D eigenvalue weighted by molar-refractivity contribution is 5.97. The van der Waals surface area contributed by atoms with Crippen LogP contribution in [0.25, 0.3) is 6.08 Å². The molecular weight excluding hydrogens is 404 g/mol. The molecule has 1 aromatic carbocycles. The van der Waals surface area contributed by atoms with Gasteiger partial charge in [-0.15, -0.1) is 0 Å². The third-order valence-electron chi connectivity index (χ3n) is 6.52. The average molecular weight is 433 g/mol. The Balaban J connectivity index is 1.21. The lowest BCUT2D eigenvalue weighted by Gasteiger charge is -2.37. The summed E-state index contributed by atoms with van der Waals surface area (Å²) in [4.78, 5) is 33.8. The monoisotopic (exact) mass is 432 g/mol. The molecule has 0 spiro atoms. The van der Waals surface area contributed by atoms with Crippen molar-refractivity contribution in [1.82, 2.24) is 15.2 Å². The average Bonchev–Trinajstić information content (AvgIpc) is 2.85. The lowest BCUT2D eigenvalue weighted by atomic mass is 9.91. The SMILES string of the molecule is O=C1NC2CCCCC2O/C1=C\c1ccc(C(=O)N2CCN(c3ccccn3)CC2)cc1. The minimum atomic E-state index is -0.154. The van der Waals surface area contributed by atoms with Gasteiger partial charge in [0.25, 0.3) is 11.8 Å². The van der Waals surface area contributed by atoms with E-state index in [1.54, 1.807) is 12.3 Å². The van der Waals surface area contributed by atoms with Crippen LogP contribution >= 0.6 is 0 Å². The van der Waals surface area contributed by atoms with Gasteiger partial charge < -0.3 is 19.9 Å². The van der Waals surface area contributed by atoms with Crippen molar-refractivity contribution in [1.29, 1.82) is 0 Å². The van der Waals surface area contributed by atoms with Crippen molar-refractivity contribution in [2.45, 2.75) is 37.8 Å². The predicted octanol–water partition coefficient (Wildman–Crippen LogP) is 2.84. The van der Waals surface area contributed by atoms with Crippen molar-refractivity contribution in [3.63, 3.8) is 0 Å². The molecule has 166 valence electrons. The molecule has 2 amide bonds. The normalized spacial score (nSPS) is 24.5. The van der Waals surface area contributed by atoms with Gasteiger partial charge in [-0.05, 0) is 55.2 Å². The zero-order valence-electron chi connectivity index (χ0n) is 18.1. The molecule has 2 aromatic rings. The zero-order chi connectivity index (χ0) is 21.9. The minimum Gasteiger partial charge on any atom is -0.483 e. The first-order chi connectivity index (χ1) is 15.7. The summed E-state index contributed by atoms with van der Waals surface area (Å²) in [6, 6.07) is 13.4. The van der Waals surface area contributed by atoms with Crippen molar-refractivity contribution in [3.05, 3.63) is 65.5 Å². The quantitative estimate of drug-likeness (QED) is 0.755. The predicted molar refractivity (Wildman–Crippen MR) is 122 cm³/mol. The number of nitrogens with zero attached hydrogens (tertiary/aromatic N) is 3. The van der Waals surface area contributed by atoms with Crippen LogP contribution in [0.1, 0.15) is 41.6 Å². The number of anilines is 1. The summed E-state index contributed by atoms with van der Waals surface area (Å²) in [5.74, 6) is 1.18. The van der Waals surface area contributed by atoms with E-state index in [-0.39, 0.29) is 24.0 Å². The fourth-order valence-electron chi connectivity index (χ4n) is 4.69. The van der Waals surface area contributed by atoms with Gasteiger partial charge in [0, 0.05) is 37.9 Å². The molecule has 1 aliphatic carbocycles. The van der Waals surface area contributed by atoms with Crippen LogP contribution in [0.2, 0.25) is 0 Å².